The van der Waals surface area contributed by atoms with E-state index >= 15 is 0 Å². The summed E-state index contributed by atoms with van der Waals surface area (Å²) in [6.45, 7) is 1.67. The van der Waals surface area contributed by atoms with Crippen LogP contribution in [0.2, 0.25) is 0 Å². The summed E-state index contributed by atoms with van der Waals surface area (Å²) in [5, 5.41) is 15.0. The van der Waals surface area contributed by atoms with Gasteiger partial charge in [-0.2, -0.15) is 0 Å². The molecule has 1 aliphatic rings. The van der Waals surface area contributed by atoms with E-state index in [1.165, 1.54) is 34.9 Å². The van der Waals surface area contributed by atoms with Gasteiger partial charge in [0.05, 0.1) is 12.9 Å². The van der Waals surface area contributed by atoms with Crippen molar-refractivity contribution in [3.05, 3.63) is 11.8 Å². The van der Waals surface area contributed by atoms with E-state index in [0.717, 1.165) is 25.9 Å². The van der Waals surface area contributed by atoms with Crippen LogP contribution in [0, 0.1) is 0 Å². The average Bonchev–Trinajstić information content (AvgIpc) is 3.33. The first kappa shape index (κ1) is 17.7. The molecule has 0 spiro atoms. The van der Waals surface area contributed by atoms with Gasteiger partial charge in [-0.25, -0.2) is 0 Å². The molecule has 1 saturated heterocycles. The van der Waals surface area contributed by atoms with Crippen molar-refractivity contribution in [2.24, 2.45) is 7.05 Å². The van der Waals surface area contributed by atoms with Crippen molar-refractivity contribution in [1.82, 2.24) is 24.9 Å². The van der Waals surface area contributed by atoms with E-state index in [9.17, 15) is 9.59 Å². The van der Waals surface area contributed by atoms with Crippen LogP contribution in [0.25, 0.3) is 0 Å². The van der Waals surface area contributed by atoms with Gasteiger partial charge < -0.3 is 9.64 Å². The number of nitrogens with zero attached hydrogens (tertiary/aromatic N) is 5. The molecule has 0 aliphatic carbocycles. The highest BCUT2D eigenvalue weighted by Gasteiger charge is 2.20. The molecule has 2 amide bonds. The Kier molecular flexibility index (Phi) is 5.53. The Bertz CT molecular complexity index is 768. The Labute approximate surface area is 152 Å². The quantitative estimate of drug-likeness (QED) is 0.592. The maximum absolute atomic E-state index is 12.3. The fourth-order valence-electron chi connectivity index (χ4n) is 2.44. The zero-order valence-electron chi connectivity index (χ0n) is 13.9. The molecule has 11 heteroatoms. The molecule has 1 aliphatic heterocycles. The van der Waals surface area contributed by atoms with Crippen molar-refractivity contribution in [3.63, 3.8) is 0 Å². The predicted octanol–water partition coefficient (Wildman–Crippen LogP) is 1.25. The summed E-state index contributed by atoms with van der Waals surface area (Å²) < 4.78 is 7.21. The number of methoxy groups -OCH3 is 1. The second kappa shape index (κ2) is 7.83. The molecule has 1 fully saturated rings. The largest absolute Gasteiger partial charge is 0.479 e. The molecule has 3 rings (SSSR count). The Hall–Kier alpha value is -2.14. The fourth-order valence-corrected chi connectivity index (χ4v) is 4.09. The van der Waals surface area contributed by atoms with Crippen molar-refractivity contribution in [2.75, 3.05) is 31.3 Å². The molecule has 0 aromatic carbocycles. The first-order valence-corrected chi connectivity index (χ1v) is 9.50. The molecule has 2 aromatic rings. The highest BCUT2D eigenvalue weighted by atomic mass is 32.2. The van der Waals surface area contributed by atoms with Gasteiger partial charge in [-0.05, 0) is 12.8 Å². The third-order valence-electron chi connectivity index (χ3n) is 3.64. The Morgan fingerprint density at radius 1 is 1.36 bits per heavy atom. The number of hydrogen-bond donors (Lipinski definition) is 1. The van der Waals surface area contributed by atoms with Crippen LogP contribution in [-0.4, -0.2) is 62.6 Å². The number of aryl methyl sites for hydroxylation is 1. The van der Waals surface area contributed by atoms with Crippen LogP contribution in [0.5, 0.6) is 5.88 Å². The Balaban J connectivity index is 1.56. The van der Waals surface area contributed by atoms with Crippen LogP contribution in [0.3, 0.4) is 0 Å². The molecule has 25 heavy (non-hydrogen) atoms. The molecule has 0 bridgehead atoms. The van der Waals surface area contributed by atoms with Crippen LogP contribution in [0.15, 0.2) is 10.5 Å². The molecule has 0 saturated carbocycles. The number of carbonyl (C=O) groups is 2. The normalized spacial score (nSPS) is 13.9. The Morgan fingerprint density at radius 3 is 2.84 bits per heavy atom. The summed E-state index contributed by atoms with van der Waals surface area (Å²) in [5.74, 6) is 0.323. The predicted molar refractivity (Wildman–Crippen MR) is 94.2 cm³/mol. The number of thioether (sulfide) groups is 1. The first-order chi connectivity index (χ1) is 12.1. The van der Waals surface area contributed by atoms with Gasteiger partial charge in [-0.1, -0.05) is 23.1 Å². The average molecular weight is 382 g/mol. The minimum absolute atomic E-state index is 0.114. The maximum atomic E-state index is 12.3. The molecule has 2 aromatic heterocycles. The van der Waals surface area contributed by atoms with Gasteiger partial charge >= 0.3 is 0 Å². The van der Waals surface area contributed by atoms with E-state index < -0.39 is 0 Å². The van der Waals surface area contributed by atoms with Crippen molar-refractivity contribution in [3.8, 4) is 5.88 Å². The standard InChI is InChI=1S/C14H18N6O3S2/c1-19-7-9(12(18-19)23-2)11(22)15-13-16-17-14(25-13)24-8-10(21)20-5-3-4-6-20/h7H,3-6,8H2,1-2H3,(H,15,16,22). The number of rotatable bonds is 6. The topological polar surface area (TPSA) is 102 Å². The SMILES string of the molecule is COc1nn(C)cc1C(=O)Nc1nnc(SCC(=O)N2CCCC2)s1. The van der Waals surface area contributed by atoms with Crippen LogP contribution in [0.4, 0.5) is 5.13 Å². The van der Waals surface area contributed by atoms with E-state index in [-0.39, 0.29) is 17.7 Å². The summed E-state index contributed by atoms with van der Waals surface area (Å²) in [6.07, 6.45) is 3.71. The van der Waals surface area contributed by atoms with E-state index in [2.05, 4.69) is 20.6 Å². The number of hydrogen-bond acceptors (Lipinski definition) is 8. The maximum Gasteiger partial charge on any atom is 0.264 e. The van der Waals surface area contributed by atoms with E-state index in [1.807, 2.05) is 4.90 Å². The lowest BCUT2D eigenvalue weighted by Crippen LogP contribution is -2.29. The molecule has 9 nitrogen and oxygen atoms in total. The van der Waals surface area contributed by atoms with Crippen molar-refractivity contribution >= 4 is 40.0 Å². The minimum atomic E-state index is -0.370. The molecular formula is C14H18N6O3S2. The van der Waals surface area contributed by atoms with Gasteiger partial charge in [0.25, 0.3) is 5.91 Å². The molecule has 0 radical (unpaired) electrons. The highest BCUT2D eigenvalue weighted by molar-refractivity contribution is 8.01. The Morgan fingerprint density at radius 2 is 2.12 bits per heavy atom. The summed E-state index contributed by atoms with van der Waals surface area (Å²) in [5.41, 5.74) is 0.318. The van der Waals surface area contributed by atoms with Gasteiger partial charge in [-0.3, -0.25) is 19.6 Å². The second-order valence-electron chi connectivity index (χ2n) is 5.43. The number of nitrogens with one attached hydrogen (secondary N) is 1. The zero-order valence-corrected chi connectivity index (χ0v) is 15.5. The number of carbonyl (C=O) groups excluding carboxylic acids is 2. The van der Waals surface area contributed by atoms with Crippen LogP contribution < -0.4 is 10.1 Å². The van der Waals surface area contributed by atoms with E-state index in [4.69, 9.17) is 4.74 Å². The molecule has 3 heterocycles. The highest BCUT2D eigenvalue weighted by Crippen LogP contribution is 2.27. The molecule has 0 unspecified atom stereocenters. The second-order valence-corrected chi connectivity index (χ2v) is 7.63. The van der Waals surface area contributed by atoms with Crippen LogP contribution in [-0.2, 0) is 11.8 Å². The lowest BCUT2D eigenvalue weighted by molar-refractivity contribution is -0.127. The van der Waals surface area contributed by atoms with Gasteiger partial charge in [0.1, 0.15) is 5.56 Å². The lowest BCUT2D eigenvalue weighted by atomic mass is 10.3. The lowest BCUT2D eigenvalue weighted by Gasteiger charge is -2.13. The van der Waals surface area contributed by atoms with Crippen molar-refractivity contribution in [2.45, 2.75) is 17.2 Å². The van der Waals surface area contributed by atoms with Crippen LogP contribution >= 0.6 is 23.1 Å². The van der Waals surface area contributed by atoms with Gasteiger partial charge in [0.15, 0.2) is 4.34 Å². The number of anilines is 1. The van der Waals surface area contributed by atoms with Crippen molar-refractivity contribution < 1.29 is 14.3 Å². The summed E-state index contributed by atoms with van der Waals surface area (Å²) in [4.78, 5) is 26.2. The minimum Gasteiger partial charge on any atom is -0.479 e. The smallest absolute Gasteiger partial charge is 0.264 e. The van der Waals surface area contributed by atoms with Crippen molar-refractivity contribution in [1.29, 1.82) is 0 Å². The monoisotopic (exact) mass is 382 g/mol. The number of likely N-dealkylation sites (tertiary alicyclic amines) is 1. The van der Waals surface area contributed by atoms with Gasteiger partial charge in [-0.15, -0.1) is 15.3 Å². The summed E-state index contributed by atoms with van der Waals surface area (Å²) >= 11 is 2.56. The molecular weight excluding hydrogens is 364 g/mol. The van der Waals surface area contributed by atoms with Crippen LogP contribution in [0.1, 0.15) is 23.2 Å². The third kappa shape index (κ3) is 4.28. The number of aromatic nitrogens is 4. The number of ether oxygens (including phenoxy) is 1. The zero-order chi connectivity index (χ0) is 17.8. The third-order valence-corrected chi connectivity index (χ3v) is 5.59. The molecule has 0 atom stereocenters. The first-order valence-electron chi connectivity index (χ1n) is 7.70. The van der Waals surface area contributed by atoms with Gasteiger partial charge in [0.2, 0.25) is 16.9 Å². The number of amides is 2. The van der Waals surface area contributed by atoms with E-state index in [1.54, 1.807) is 13.2 Å². The van der Waals surface area contributed by atoms with E-state index in [0.29, 0.717) is 20.8 Å². The summed E-state index contributed by atoms with van der Waals surface area (Å²) in [7, 11) is 3.16. The summed E-state index contributed by atoms with van der Waals surface area (Å²) in [6, 6.07) is 0. The molecule has 1 N–H and O–H groups in total. The fraction of sp³-hybridized carbons (Fsp3) is 0.500. The van der Waals surface area contributed by atoms with Gasteiger partial charge in [0, 0.05) is 26.3 Å². The molecule has 134 valence electrons.